The van der Waals surface area contributed by atoms with Crippen molar-refractivity contribution < 1.29 is 9.53 Å². The number of hydrogen-bond donors (Lipinski definition) is 2. The molecule has 3 aromatic rings. The molecule has 9 heteroatoms. The van der Waals surface area contributed by atoms with Gasteiger partial charge in [0.15, 0.2) is 5.82 Å². The van der Waals surface area contributed by atoms with E-state index in [0.717, 1.165) is 0 Å². The molecule has 0 spiro atoms. The van der Waals surface area contributed by atoms with Crippen LogP contribution in [-0.2, 0) is 4.79 Å². The molecule has 28 heavy (non-hydrogen) atoms. The van der Waals surface area contributed by atoms with Crippen LogP contribution in [0.25, 0.3) is 11.4 Å². The summed E-state index contributed by atoms with van der Waals surface area (Å²) >= 11 is 7.27. The second-order valence-corrected chi connectivity index (χ2v) is 7.50. The lowest BCUT2D eigenvalue weighted by atomic mass is 10.2. The van der Waals surface area contributed by atoms with Gasteiger partial charge in [-0.15, -0.1) is 5.10 Å². The van der Waals surface area contributed by atoms with E-state index in [1.54, 1.807) is 56.5 Å². The normalized spacial score (nSPS) is 11.5. The van der Waals surface area contributed by atoms with Crippen LogP contribution < -0.4 is 10.1 Å². The predicted octanol–water partition coefficient (Wildman–Crippen LogP) is 4.12. The summed E-state index contributed by atoms with van der Waals surface area (Å²) in [5.41, 5.74) is 1.72. The number of nitrogens with zero attached hydrogens (tertiary/aromatic N) is 3. The number of H-pyrrole nitrogens is 1. The Hall–Kier alpha value is -3.02. The van der Waals surface area contributed by atoms with Crippen molar-refractivity contribution in [3.8, 4) is 23.2 Å². The lowest BCUT2D eigenvalue weighted by molar-refractivity contribution is -0.115. The van der Waals surface area contributed by atoms with Gasteiger partial charge in [-0.3, -0.25) is 9.89 Å². The second kappa shape index (κ2) is 8.78. The maximum atomic E-state index is 12.4. The molecule has 7 nitrogen and oxygen atoms in total. The van der Waals surface area contributed by atoms with Gasteiger partial charge >= 0.3 is 0 Å². The Balaban J connectivity index is 1.70. The third kappa shape index (κ3) is 4.63. The first kappa shape index (κ1) is 19.7. The SMILES string of the molecule is COc1ccc(Cl)cc1-c1nc(S[C@@H](C)C(=O)Nc2cccc(C#N)c2)n[nH]1. The highest BCUT2D eigenvalue weighted by Crippen LogP contribution is 2.31. The molecule has 1 atom stereocenters. The van der Waals surface area contributed by atoms with E-state index in [-0.39, 0.29) is 5.91 Å². The number of rotatable bonds is 6. The van der Waals surface area contributed by atoms with Crippen LogP contribution in [0.15, 0.2) is 47.6 Å². The molecule has 3 rings (SSSR count). The van der Waals surface area contributed by atoms with E-state index in [4.69, 9.17) is 21.6 Å². The van der Waals surface area contributed by atoms with Gasteiger partial charge in [0.2, 0.25) is 11.1 Å². The molecule has 142 valence electrons. The topological polar surface area (TPSA) is 104 Å². The summed E-state index contributed by atoms with van der Waals surface area (Å²) in [6.07, 6.45) is 0. The molecular weight excluding hydrogens is 398 g/mol. The van der Waals surface area contributed by atoms with E-state index in [1.165, 1.54) is 11.8 Å². The van der Waals surface area contributed by atoms with Gasteiger partial charge in [-0.1, -0.05) is 29.4 Å². The molecule has 2 aromatic carbocycles. The average Bonchev–Trinajstić information content (AvgIpc) is 3.16. The molecule has 2 N–H and O–H groups in total. The highest BCUT2D eigenvalue weighted by molar-refractivity contribution is 8.00. The van der Waals surface area contributed by atoms with E-state index in [0.29, 0.717) is 38.6 Å². The fourth-order valence-corrected chi connectivity index (χ4v) is 3.30. The smallest absolute Gasteiger partial charge is 0.237 e. The number of nitrogens with one attached hydrogen (secondary N) is 2. The monoisotopic (exact) mass is 413 g/mol. The minimum atomic E-state index is -0.448. The maximum Gasteiger partial charge on any atom is 0.237 e. The largest absolute Gasteiger partial charge is 0.496 e. The van der Waals surface area contributed by atoms with Crippen molar-refractivity contribution in [1.29, 1.82) is 5.26 Å². The highest BCUT2D eigenvalue weighted by atomic mass is 35.5. The molecule has 0 radical (unpaired) electrons. The lowest BCUT2D eigenvalue weighted by Gasteiger charge is -2.10. The van der Waals surface area contributed by atoms with Crippen LogP contribution in [0.1, 0.15) is 12.5 Å². The molecular formula is C19H16ClN5O2S. The fraction of sp³-hybridized carbons (Fsp3) is 0.158. The Bertz CT molecular complexity index is 1050. The number of amides is 1. The van der Waals surface area contributed by atoms with Crippen LogP contribution in [0, 0.1) is 11.3 Å². The zero-order valence-corrected chi connectivity index (χ0v) is 16.6. The molecule has 1 heterocycles. The van der Waals surface area contributed by atoms with Gasteiger partial charge in [-0.05, 0) is 43.3 Å². The number of aromatic amines is 1. The van der Waals surface area contributed by atoms with Crippen LogP contribution in [0.3, 0.4) is 0 Å². The average molecular weight is 414 g/mol. The summed E-state index contributed by atoms with van der Waals surface area (Å²) < 4.78 is 5.33. The molecule has 0 saturated carbocycles. The Labute approximate surface area is 171 Å². The van der Waals surface area contributed by atoms with Crippen molar-refractivity contribution in [2.75, 3.05) is 12.4 Å². The van der Waals surface area contributed by atoms with Crippen molar-refractivity contribution in [1.82, 2.24) is 15.2 Å². The molecule has 0 aliphatic carbocycles. The molecule has 0 aliphatic heterocycles. The van der Waals surface area contributed by atoms with Crippen LogP contribution in [0.5, 0.6) is 5.75 Å². The number of ether oxygens (including phenoxy) is 1. The van der Waals surface area contributed by atoms with Gasteiger partial charge in [-0.25, -0.2) is 4.98 Å². The number of halogens is 1. The number of thioether (sulfide) groups is 1. The van der Waals surface area contributed by atoms with Crippen molar-refractivity contribution >= 4 is 35.0 Å². The van der Waals surface area contributed by atoms with Crippen molar-refractivity contribution in [3.63, 3.8) is 0 Å². The zero-order valence-electron chi connectivity index (χ0n) is 15.1. The first-order valence-corrected chi connectivity index (χ1v) is 9.50. The van der Waals surface area contributed by atoms with Crippen LogP contribution in [-0.4, -0.2) is 33.4 Å². The van der Waals surface area contributed by atoms with Gasteiger partial charge in [-0.2, -0.15) is 5.26 Å². The second-order valence-electron chi connectivity index (χ2n) is 5.75. The molecule has 1 aromatic heterocycles. The molecule has 1 amide bonds. The quantitative estimate of drug-likeness (QED) is 0.589. The predicted molar refractivity (Wildman–Crippen MR) is 108 cm³/mol. The molecule has 0 aliphatic rings. The minimum absolute atomic E-state index is 0.216. The number of methoxy groups -OCH3 is 1. The number of anilines is 1. The summed E-state index contributed by atoms with van der Waals surface area (Å²) in [7, 11) is 1.56. The first-order chi connectivity index (χ1) is 13.5. The first-order valence-electron chi connectivity index (χ1n) is 8.24. The lowest BCUT2D eigenvalue weighted by Crippen LogP contribution is -2.22. The number of benzene rings is 2. The minimum Gasteiger partial charge on any atom is -0.496 e. The third-order valence-electron chi connectivity index (χ3n) is 3.79. The standard InChI is InChI=1S/C19H16ClN5O2S/c1-11(18(26)22-14-5-3-4-12(8-14)10-21)28-19-23-17(24-25-19)15-9-13(20)6-7-16(15)27-2/h3-9,11H,1-2H3,(H,22,26)(H,23,24,25)/t11-/m0/s1. The Morgan fingerprint density at radius 1 is 1.36 bits per heavy atom. The number of carbonyl (C=O) groups is 1. The molecule has 0 fully saturated rings. The summed E-state index contributed by atoms with van der Waals surface area (Å²) in [5, 5.41) is 19.3. The Morgan fingerprint density at radius 3 is 2.93 bits per heavy atom. The van der Waals surface area contributed by atoms with E-state index in [1.807, 2.05) is 6.07 Å². The number of nitriles is 1. The number of carbonyl (C=O) groups excluding carboxylic acids is 1. The van der Waals surface area contributed by atoms with Crippen LogP contribution in [0.4, 0.5) is 5.69 Å². The van der Waals surface area contributed by atoms with Gasteiger partial charge in [0, 0.05) is 10.7 Å². The van der Waals surface area contributed by atoms with E-state index in [9.17, 15) is 4.79 Å². The maximum absolute atomic E-state index is 12.4. The third-order valence-corrected chi connectivity index (χ3v) is 4.99. The van der Waals surface area contributed by atoms with Gasteiger partial charge in [0.05, 0.1) is 29.6 Å². The fourth-order valence-electron chi connectivity index (χ4n) is 2.41. The number of hydrogen-bond acceptors (Lipinski definition) is 6. The molecule has 0 saturated heterocycles. The summed E-state index contributed by atoms with van der Waals surface area (Å²) in [4.78, 5) is 16.8. The van der Waals surface area contributed by atoms with Crippen LogP contribution in [0.2, 0.25) is 5.02 Å². The summed E-state index contributed by atoms with van der Waals surface area (Å²) in [5.74, 6) is 0.892. The Morgan fingerprint density at radius 2 is 2.18 bits per heavy atom. The van der Waals surface area contributed by atoms with Crippen LogP contribution >= 0.6 is 23.4 Å². The van der Waals surface area contributed by atoms with E-state index < -0.39 is 5.25 Å². The van der Waals surface area contributed by atoms with E-state index >= 15 is 0 Å². The molecule has 0 bridgehead atoms. The summed E-state index contributed by atoms with van der Waals surface area (Å²) in [6.45, 7) is 1.75. The summed E-state index contributed by atoms with van der Waals surface area (Å²) in [6, 6.07) is 14.0. The zero-order chi connectivity index (χ0) is 20.1. The Kier molecular flexibility index (Phi) is 6.19. The highest BCUT2D eigenvalue weighted by Gasteiger charge is 2.19. The van der Waals surface area contributed by atoms with Gasteiger partial charge in [0.1, 0.15) is 5.75 Å². The van der Waals surface area contributed by atoms with Crippen molar-refractivity contribution in [3.05, 3.63) is 53.1 Å². The van der Waals surface area contributed by atoms with Crippen molar-refractivity contribution in [2.45, 2.75) is 17.3 Å². The number of aromatic nitrogens is 3. The van der Waals surface area contributed by atoms with Gasteiger partial charge in [0.25, 0.3) is 0 Å². The van der Waals surface area contributed by atoms with E-state index in [2.05, 4.69) is 20.5 Å². The molecule has 0 unspecified atom stereocenters. The van der Waals surface area contributed by atoms with Gasteiger partial charge < -0.3 is 10.1 Å². The van der Waals surface area contributed by atoms with Crippen molar-refractivity contribution in [2.24, 2.45) is 0 Å².